The number of carbonyl (C=O) groups is 3. The molecule has 1 heterocycles. The highest BCUT2D eigenvalue weighted by Crippen LogP contribution is 2.35. The normalized spacial score (nSPS) is 17.2. The quantitative estimate of drug-likeness (QED) is 0.857. The maximum atomic E-state index is 12.8. The van der Waals surface area contributed by atoms with Gasteiger partial charge in [0.05, 0.1) is 5.69 Å². The van der Waals surface area contributed by atoms with Gasteiger partial charge in [0.25, 0.3) is 11.1 Å². The second-order valence-electron chi connectivity index (χ2n) is 5.47. The highest BCUT2D eigenvalue weighted by molar-refractivity contribution is 8.16. The fourth-order valence-electron chi connectivity index (χ4n) is 2.56. The molecule has 122 valence electrons. The third-order valence-corrected chi connectivity index (χ3v) is 4.75. The van der Waals surface area contributed by atoms with Crippen LogP contribution in [0.25, 0.3) is 0 Å². The molecule has 0 bridgehead atoms. The molecule has 0 spiro atoms. The Bertz CT molecular complexity index is 790. The SMILES string of the molecule is CC(=O)N(c1ccc(C)cc1)C1SC(=O)N(c2ccccc2)C1=O. The Balaban J connectivity index is 1.95. The summed E-state index contributed by atoms with van der Waals surface area (Å²) in [4.78, 5) is 39.8. The van der Waals surface area contributed by atoms with Gasteiger partial charge in [-0.15, -0.1) is 0 Å². The average Bonchev–Trinajstić information content (AvgIpc) is 2.84. The second-order valence-corrected chi connectivity index (χ2v) is 6.50. The zero-order valence-electron chi connectivity index (χ0n) is 13.3. The van der Waals surface area contributed by atoms with Crippen molar-refractivity contribution < 1.29 is 14.4 Å². The summed E-state index contributed by atoms with van der Waals surface area (Å²) in [6.07, 6.45) is 0. The molecule has 3 rings (SSSR count). The van der Waals surface area contributed by atoms with Crippen molar-refractivity contribution in [3.63, 3.8) is 0 Å². The Kier molecular flexibility index (Phi) is 4.40. The molecule has 1 unspecified atom stereocenters. The van der Waals surface area contributed by atoms with Crippen LogP contribution in [0.1, 0.15) is 12.5 Å². The number of imide groups is 1. The van der Waals surface area contributed by atoms with E-state index < -0.39 is 11.3 Å². The summed E-state index contributed by atoms with van der Waals surface area (Å²) in [6.45, 7) is 3.33. The van der Waals surface area contributed by atoms with Gasteiger partial charge in [-0.3, -0.25) is 19.3 Å². The van der Waals surface area contributed by atoms with Crippen LogP contribution in [0.5, 0.6) is 0 Å². The fraction of sp³-hybridized carbons (Fsp3) is 0.167. The molecule has 2 aromatic rings. The van der Waals surface area contributed by atoms with Crippen molar-refractivity contribution in [2.45, 2.75) is 19.2 Å². The second kappa shape index (κ2) is 6.49. The third-order valence-electron chi connectivity index (χ3n) is 3.73. The van der Waals surface area contributed by atoms with Gasteiger partial charge in [-0.2, -0.15) is 0 Å². The lowest BCUT2D eigenvalue weighted by Crippen LogP contribution is -2.44. The van der Waals surface area contributed by atoms with Crippen molar-refractivity contribution in [3.05, 3.63) is 60.2 Å². The minimum atomic E-state index is -0.891. The molecule has 1 fully saturated rings. The van der Waals surface area contributed by atoms with Crippen molar-refractivity contribution >= 4 is 40.2 Å². The maximum Gasteiger partial charge on any atom is 0.295 e. The molecular weight excluding hydrogens is 324 g/mol. The molecule has 6 heteroatoms. The van der Waals surface area contributed by atoms with E-state index in [9.17, 15) is 14.4 Å². The summed E-state index contributed by atoms with van der Waals surface area (Å²) in [5.74, 6) is -0.695. The van der Waals surface area contributed by atoms with E-state index in [-0.39, 0.29) is 11.1 Å². The maximum absolute atomic E-state index is 12.8. The molecule has 2 aromatic carbocycles. The summed E-state index contributed by atoms with van der Waals surface area (Å²) >= 11 is 0.855. The highest BCUT2D eigenvalue weighted by Gasteiger charge is 2.45. The molecule has 0 aromatic heterocycles. The predicted octanol–water partition coefficient (Wildman–Crippen LogP) is 3.57. The van der Waals surface area contributed by atoms with Gasteiger partial charge in [-0.05, 0) is 43.0 Å². The van der Waals surface area contributed by atoms with E-state index in [1.165, 1.54) is 11.8 Å². The molecule has 1 aliphatic rings. The number of anilines is 2. The number of amides is 3. The number of hydrogen-bond acceptors (Lipinski definition) is 4. The van der Waals surface area contributed by atoms with E-state index in [1.807, 2.05) is 25.1 Å². The van der Waals surface area contributed by atoms with Gasteiger partial charge in [0.2, 0.25) is 5.91 Å². The van der Waals surface area contributed by atoms with Crippen LogP contribution >= 0.6 is 11.8 Å². The van der Waals surface area contributed by atoms with E-state index in [1.54, 1.807) is 36.4 Å². The number of para-hydroxylation sites is 1. The van der Waals surface area contributed by atoms with Gasteiger partial charge in [0.15, 0.2) is 5.37 Å². The van der Waals surface area contributed by atoms with E-state index >= 15 is 0 Å². The summed E-state index contributed by atoms with van der Waals surface area (Å²) in [5, 5.41) is -1.27. The van der Waals surface area contributed by atoms with Crippen molar-refractivity contribution in [1.82, 2.24) is 0 Å². The topological polar surface area (TPSA) is 57.7 Å². The Morgan fingerprint density at radius 1 is 1.04 bits per heavy atom. The summed E-state index contributed by atoms with van der Waals surface area (Å²) in [7, 11) is 0. The van der Waals surface area contributed by atoms with Crippen LogP contribution in [-0.4, -0.2) is 22.4 Å². The fourth-order valence-corrected chi connectivity index (χ4v) is 3.63. The van der Waals surface area contributed by atoms with E-state index in [0.29, 0.717) is 11.4 Å². The molecule has 1 saturated heterocycles. The first-order valence-corrected chi connectivity index (χ1v) is 8.33. The molecular formula is C18H16N2O3S. The summed E-state index contributed by atoms with van der Waals surface area (Å²) in [5.41, 5.74) is 2.16. The lowest BCUT2D eigenvalue weighted by Gasteiger charge is -2.25. The molecule has 0 N–H and O–H groups in total. The lowest BCUT2D eigenvalue weighted by molar-refractivity contribution is -0.121. The highest BCUT2D eigenvalue weighted by atomic mass is 32.2. The number of nitrogens with zero attached hydrogens (tertiary/aromatic N) is 2. The molecule has 1 atom stereocenters. The number of benzene rings is 2. The van der Waals surface area contributed by atoms with Crippen LogP contribution in [0.3, 0.4) is 0 Å². The van der Waals surface area contributed by atoms with E-state index in [4.69, 9.17) is 0 Å². The van der Waals surface area contributed by atoms with Crippen LogP contribution in [0.4, 0.5) is 16.2 Å². The van der Waals surface area contributed by atoms with Crippen LogP contribution in [0.15, 0.2) is 54.6 Å². The predicted molar refractivity (Wildman–Crippen MR) is 95.0 cm³/mol. The first kappa shape index (κ1) is 16.3. The van der Waals surface area contributed by atoms with Gasteiger partial charge in [-0.25, -0.2) is 4.90 Å². The summed E-state index contributed by atoms with van der Waals surface area (Å²) < 4.78 is 0. The first-order valence-electron chi connectivity index (χ1n) is 7.45. The molecule has 24 heavy (non-hydrogen) atoms. The van der Waals surface area contributed by atoms with Crippen LogP contribution < -0.4 is 9.80 Å². The Morgan fingerprint density at radius 3 is 2.25 bits per heavy atom. The lowest BCUT2D eigenvalue weighted by atomic mass is 10.2. The Morgan fingerprint density at radius 2 is 1.67 bits per heavy atom. The molecule has 1 aliphatic heterocycles. The summed E-state index contributed by atoms with van der Waals surface area (Å²) in [6, 6.07) is 16.0. The first-order chi connectivity index (χ1) is 11.5. The van der Waals surface area contributed by atoms with E-state index in [0.717, 1.165) is 22.2 Å². The Labute approximate surface area is 144 Å². The minimum absolute atomic E-state index is 0.285. The third kappa shape index (κ3) is 2.92. The number of aryl methyl sites for hydroxylation is 1. The largest absolute Gasteiger partial charge is 0.295 e. The Hall–Kier alpha value is -2.60. The number of thioether (sulfide) groups is 1. The van der Waals surface area contributed by atoms with Gasteiger partial charge in [0, 0.05) is 12.6 Å². The van der Waals surface area contributed by atoms with Gasteiger partial charge in [0.1, 0.15) is 0 Å². The molecule has 3 amide bonds. The molecule has 5 nitrogen and oxygen atoms in total. The minimum Gasteiger partial charge on any atom is -0.290 e. The molecule has 0 radical (unpaired) electrons. The van der Waals surface area contributed by atoms with Gasteiger partial charge in [-0.1, -0.05) is 35.9 Å². The van der Waals surface area contributed by atoms with Gasteiger partial charge >= 0.3 is 0 Å². The number of rotatable bonds is 3. The number of hydrogen-bond donors (Lipinski definition) is 0. The van der Waals surface area contributed by atoms with Crippen molar-refractivity contribution in [2.75, 3.05) is 9.80 Å². The van der Waals surface area contributed by atoms with Crippen LogP contribution in [0.2, 0.25) is 0 Å². The van der Waals surface area contributed by atoms with Crippen LogP contribution in [-0.2, 0) is 9.59 Å². The zero-order valence-corrected chi connectivity index (χ0v) is 14.1. The monoisotopic (exact) mass is 340 g/mol. The van der Waals surface area contributed by atoms with Gasteiger partial charge < -0.3 is 0 Å². The van der Waals surface area contributed by atoms with Crippen molar-refractivity contribution in [2.24, 2.45) is 0 Å². The van der Waals surface area contributed by atoms with Crippen molar-refractivity contribution in [3.8, 4) is 0 Å². The van der Waals surface area contributed by atoms with Crippen molar-refractivity contribution in [1.29, 1.82) is 0 Å². The van der Waals surface area contributed by atoms with E-state index in [2.05, 4.69) is 0 Å². The zero-order chi connectivity index (χ0) is 17.3. The number of carbonyl (C=O) groups excluding carboxylic acids is 3. The molecule has 0 saturated carbocycles. The average molecular weight is 340 g/mol. The van der Waals surface area contributed by atoms with Crippen LogP contribution in [0, 0.1) is 6.92 Å². The standard InChI is InChI=1S/C18H16N2O3S/c1-12-8-10-15(11-9-12)19(13(2)21)17-16(22)20(18(23)24-17)14-6-4-3-5-7-14/h3-11,17H,1-2H3. The molecule has 0 aliphatic carbocycles. The smallest absolute Gasteiger partial charge is 0.290 e.